The summed E-state index contributed by atoms with van der Waals surface area (Å²) in [5.74, 6) is 0. The van der Waals surface area contributed by atoms with Crippen LogP contribution < -0.4 is 4.72 Å². The molecule has 1 atom stereocenters. The molecule has 0 unspecified atom stereocenters. The molecule has 5 nitrogen and oxygen atoms in total. The molecule has 0 aliphatic heterocycles. The van der Waals surface area contributed by atoms with Gasteiger partial charge in [-0.1, -0.05) is 32.4 Å². The molecule has 0 radical (unpaired) electrons. The molecule has 0 amide bonds. The van der Waals surface area contributed by atoms with Crippen LogP contribution in [-0.4, -0.2) is 26.2 Å². The molecule has 1 aromatic rings. The lowest BCUT2D eigenvalue weighted by Gasteiger charge is -2.31. The number of halogens is 1. The smallest absolute Gasteiger partial charge is 0.242 e. The van der Waals surface area contributed by atoms with Gasteiger partial charge in [0.05, 0.1) is 16.7 Å². The number of hydrogen-bond acceptors (Lipinski definition) is 4. The van der Waals surface area contributed by atoms with E-state index >= 15 is 0 Å². The van der Waals surface area contributed by atoms with Crippen molar-refractivity contribution in [3.8, 4) is 6.07 Å². The van der Waals surface area contributed by atoms with Gasteiger partial charge in [-0.05, 0) is 30.0 Å². The number of sulfonamides is 1. The van der Waals surface area contributed by atoms with Gasteiger partial charge in [-0.2, -0.15) is 5.26 Å². The summed E-state index contributed by atoms with van der Waals surface area (Å²) in [4.78, 5) is -0.0737. The SMILES string of the molecule is CC(C)(C)[C@H](CCO)NS(=O)(=O)c1ccc(C#N)cc1Cl. The summed E-state index contributed by atoms with van der Waals surface area (Å²) >= 11 is 5.95. The topological polar surface area (TPSA) is 90.2 Å². The second-order valence-corrected chi connectivity index (χ2v) is 7.90. The van der Waals surface area contributed by atoms with E-state index in [2.05, 4.69) is 4.72 Å². The number of benzene rings is 1. The van der Waals surface area contributed by atoms with Crippen LogP contribution in [0.5, 0.6) is 0 Å². The van der Waals surface area contributed by atoms with Crippen molar-refractivity contribution in [2.24, 2.45) is 5.41 Å². The van der Waals surface area contributed by atoms with Gasteiger partial charge in [0.1, 0.15) is 4.90 Å². The largest absolute Gasteiger partial charge is 0.396 e. The lowest BCUT2D eigenvalue weighted by atomic mass is 9.86. The van der Waals surface area contributed by atoms with E-state index in [0.29, 0.717) is 12.0 Å². The minimum absolute atomic E-state index is 0.00166. The highest BCUT2D eigenvalue weighted by molar-refractivity contribution is 7.89. The zero-order chi connectivity index (χ0) is 16.3. The highest BCUT2D eigenvalue weighted by Gasteiger charge is 2.30. The molecule has 0 bridgehead atoms. The average molecular weight is 331 g/mol. The number of rotatable bonds is 5. The van der Waals surface area contributed by atoms with Gasteiger partial charge in [0.15, 0.2) is 0 Å². The number of nitrogens with zero attached hydrogens (tertiary/aromatic N) is 1. The first-order valence-corrected chi connectivity index (χ1v) is 8.31. The fourth-order valence-electron chi connectivity index (χ4n) is 1.84. The van der Waals surface area contributed by atoms with Gasteiger partial charge in [0, 0.05) is 12.6 Å². The highest BCUT2D eigenvalue weighted by Crippen LogP contribution is 2.27. The summed E-state index contributed by atoms with van der Waals surface area (Å²) in [6.45, 7) is 5.54. The van der Waals surface area contributed by atoms with E-state index in [9.17, 15) is 8.42 Å². The third-order valence-corrected chi connectivity index (χ3v) is 5.07. The van der Waals surface area contributed by atoms with Crippen LogP contribution in [0.2, 0.25) is 5.02 Å². The molecule has 116 valence electrons. The number of hydrogen-bond donors (Lipinski definition) is 2. The number of aliphatic hydroxyl groups excluding tert-OH is 1. The van der Waals surface area contributed by atoms with Crippen LogP contribution >= 0.6 is 11.6 Å². The first-order valence-electron chi connectivity index (χ1n) is 6.44. The Kier molecular flexibility index (Phi) is 5.76. The number of aliphatic hydroxyl groups is 1. The van der Waals surface area contributed by atoms with Crippen LogP contribution in [0.1, 0.15) is 32.8 Å². The van der Waals surface area contributed by atoms with Gasteiger partial charge < -0.3 is 5.11 Å². The van der Waals surface area contributed by atoms with Gasteiger partial charge in [0.2, 0.25) is 10.0 Å². The van der Waals surface area contributed by atoms with E-state index in [-0.39, 0.29) is 21.9 Å². The summed E-state index contributed by atoms with van der Waals surface area (Å²) in [5.41, 5.74) is -0.0591. The van der Waals surface area contributed by atoms with Crippen LogP contribution in [-0.2, 0) is 10.0 Å². The Hall–Kier alpha value is -1.13. The third-order valence-electron chi connectivity index (χ3n) is 3.11. The van der Waals surface area contributed by atoms with Crippen LogP contribution in [0.4, 0.5) is 0 Å². The Morgan fingerprint density at radius 3 is 2.48 bits per heavy atom. The van der Waals surface area contributed by atoms with Crippen molar-refractivity contribution in [3.05, 3.63) is 28.8 Å². The summed E-state index contributed by atoms with van der Waals surface area (Å²) in [6.07, 6.45) is 0.302. The van der Waals surface area contributed by atoms with Gasteiger partial charge in [-0.15, -0.1) is 0 Å². The van der Waals surface area contributed by atoms with E-state index < -0.39 is 16.1 Å². The molecule has 0 fully saturated rings. The highest BCUT2D eigenvalue weighted by atomic mass is 35.5. The van der Waals surface area contributed by atoms with E-state index in [1.807, 2.05) is 26.8 Å². The van der Waals surface area contributed by atoms with Crippen molar-refractivity contribution >= 4 is 21.6 Å². The minimum Gasteiger partial charge on any atom is -0.396 e. The zero-order valence-corrected chi connectivity index (χ0v) is 13.8. The van der Waals surface area contributed by atoms with Gasteiger partial charge >= 0.3 is 0 Å². The van der Waals surface area contributed by atoms with E-state index in [4.69, 9.17) is 22.0 Å². The van der Waals surface area contributed by atoms with E-state index in [1.165, 1.54) is 18.2 Å². The number of nitrogens with one attached hydrogen (secondary N) is 1. The summed E-state index contributed by atoms with van der Waals surface area (Å²) in [6, 6.07) is 5.49. The standard InChI is InChI=1S/C14H19ClN2O3S/c1-14(2,3)13(6-7-18)17-21(19,20)12-5-4-10(9-16)8-11(12)15/h4-5,8,13,17-18H,6-7H2,1-3H3/t13-/m0/s1. The van der Waals surface area contributed by atoms with Crippen molar-refractivity contribution in [3.63, 3.8) is 0 Å². The first kappa shape index (κ1) is 17.9. The Morgan fingerprint density at radius 1 is 1.43 bits per heavy atom. The van der Waals surface area contributed by atoms with Crippen molar-refractivity contribution in [1.82, 2.24) is 4.72 Å². The zero-order valence-electron chi connectivity index (χ0n) is 12.2. The first-order chi connectivity index (χ1) is 9.61. The predicted molar refractivity (Wildman–Crippen MR) is 81.4 cm³/mol. The van der Waals surface area contributed by atoms with Crippen LogP contribution in [0.25, 0.3) is 0 Å². The van der Waals surface area contributed by atoms with Crippen LogP contribution in [0, 0.1) is 16.7 Å². The second kappa shape index (κ2) is 6.75. The van der Waals surface area contributed by atoms with E-state index in [0.717, 1.165) is 0 Å². The molecule has 2 N–H and O–H groups in total. The molecular formula is C14H19ClN2O3S. The lowest BCUT2D eigenvalue weighted by Crippen LogP contribution is -2.44. The van der Waals surface area contributed by atoms with Gasteiger partial charge in [-0.25, -0.2) is 13.1 Å². The molecule has 0 saturated carbocycles. The summed E-state index contributed by atoms with van der Waals surface area (Å²) < 4.78 is 27.4. The quantitative estimate of drug-likeness (QED) is 0.866. The van der Waals surface area contributed by atoms with Crippen LogP contribution in [0.15, 0.2) is 23.1 Å². The molecule has 0 spiro atoms. The van der Waals surface area contributed by atoms with Crippen molar-refractivity contribution < 1.29 is 13.5 Å². The second-order valence-electron chi connectivity index (χ2n) is 5.81. The fourth-order valence-corrected chi connectivity index (χ4v) is 3.86. The van der Waals surface area contributed by atoms with E-state index in [1.54, 1.807) is 0 Å². The van der Waals surface area contributed by atoms with Crippen molar-refractivity contribution in [2.75, 3.05) is 6.61 Å². The van der Waals surface area contributed by atoms with Gasteiger partial charge in [0.25, 0.3) is 0 Å². The normalized spacial score (nSPS) is 13.7. The molecule has 21 heavy (non-hydrogen) atoms. The maximum atomic E-state index is 12.4. The monoisotopic (exact) mass is 330 g/mol. The Labute approximate surface area is 130 Å². The molecule has 0 aliphatic carbocycles. The summed E-state index contributed by atoms with van der Waals surface area (Å²) in [5, 5.41) is 17.9. The average Bonchev–Trinajstić information content (AvgIpc) is 2.36. The molecule has 0 heterocycles. The Balaban J connectivity index is 3.14. The Bertz CT molecular complexity index is 645. The molecule has 0 aliphatic rings. The summed E-state index contributed by atoms with van der Waals surface area (Å²) in [7, 11) is -3.82. The lowest BCUT2D eigenvalue weighted by molar-refractivity contribution is 0.214. The van der Waals surface area contributed by atoms with Crippen molar-refractivity contribution in [2.45, 2.75) is 38.1 Å². The van der Waals surface area contributed by atoms with Gasteiger partial charge in [-0.3, -0.25) is 0 Å². The molecule has 0 saturated heterocycles. The Morgan fingerprint density at radius 2 is 2.05 bits per heavy atom. The number of nitriles is 1. The maximum Gasteiger partial charge on any atom is 0.242 e. The minimum atomic E-state index is -3.82. The van der Waals surface area contributed by atoms with Crippen molar-refractivity contribution in [1.29, 1.82) is 5.26 Å². The molecule has 1 rings (SSSR count). The molecule has 7 heteroatoms. The molecule has 1 aromatic carbocycles. The predicted octanol–water partition coefficient (Wildman–Crippen LogP) is 2.29. The molecular weight excluding hydrogens is 312 g/mol. The fraction of sp³-hybridized carbons (Fsp3) is 0.500. The van der Waals surface area contributed by atoms with Crippen LogP contribution in [0.3, 0.4) is 0 Å². The maximum absolute atomic E-state index is 12.4. The third kappa shape index (κ3) is 4.68. The molecule has 0 aromatic heterocycles.